The smallest absolute Gasteiger partial charge is 0.229 e. The number of nitrogens with zero attached hydrogens (tertiary/aromatic N) is 4. The lowest BCUT2D eigenvalue weighted by molar-refractivity contribution is -0.119. The number of hydrogen-bond acceptors (Lipinski definition) is 8. The number of nitriles is 1. The molecule has 0 aliphatic carbocycles. The van der Waals surface area contributed by atoms with E-state index in [4.69, 9.17) is 15.5 Å². The van der Waals surface area contributed by atoms with Crippen molar-refractivity contribution in [2.24, 2.45) is 0 Å². The molecule has 4 rings (SSSR count). The number of ether oxygens (including phenoxy) is 1. The number of carbonyl (C=O) groups excluding carboxylic acids is 1. The zero-order valence-electron chi connectivity index (χ0n) is 17.3. The Hall–Kier alpha value is -4.06. The van der Waals surface area contributed by atoms with Crippen molar-refractivity contribution >= 4 is 40.0 Å². The molecule has 9 heteroatoms. The van der Waals surface area contributed by atoms with Gasteiger partial charge < -0.3 is 26.0 Å². The normalized spacial score (nSPS) is 15.5. The van der Waals surface area contributed by atoms with Gasteiger partial charge in [0, 0.05) is 48.9 Å². The molecular weight excluding hydrogens is 394 g/mol. The molecule has 0 bridgehead atoms. The van der Waals surface area contributed by atoms with Gasteiger partial charge in [0.2, 0.25) is 11.9 Å². The average molecular weight is 417 g/mol. The van der Waals surface area contributed by atoms with E-state index in [0.717, 1.165) is 29.7 Å². The maximum Gasteiger partial charge on any atom is 0.229 e. The summed E-state index contributed by atoms with van der Waals surface area (Å²) in [5.74, 6) is 1.80. The maximum atomic E-state index is 11.5. The van der Waals surface area contributed by atoms with E-state index in [0.29, 0.717) is 35.2 Å². The van der Waals surface area contributed by atoms with E-state index in [1.807, 2.05) is 18.2 Å². The van der Waals surface area contributed by atoms with Gasteiger partial charge in [-0.1, -0.05) is 0 Å². The molecule has 2 heterocycles. The van der Waals surface area contributed by atoms with Crippen LogP contribution in [0.1, 0.15) is 18.9 Å². The number of rotatable bonds is 5. The third kappa shape index (κ3) is 4.43. The van der Waals surface area contributed by atoms with Crippen LogP contribution in [0.15, 0.2) is 36.4 Å². The number of fused-ring (bicyclic) bond motifs is 1. The van der Waals surface area contributed by atoms with E-state index in [2.05, 4.69) is 26.6 Å². The van der Waals surface area contributed by atoms with Gasteiger partial charge in [0.25, 0.3) is 0 Å². The fourth-order valence-electron chi connectivity index (χ4n) is 3.79. The zero-order valence-corrected chi connectivity index (χ0v) is 17.3. The quantitative estimate of drug-likeness (QED) is 0.540. The van der Waals surface area contributed by atoms with Crippen molar-refractivity contribution in [1.29, 1.82) is 5.26 Å². The highest BCUT2D eigenvalue weighted by atomic mass is 16.5. The zero-order chi connectivity index (χ0) is 22.0. The summed E-state index contributed by atoms with van der Waals surface area (Å²) in [4.78, 5) is 23.0. The first-order chi connectivity index (χ1) is 14.9. The average Bonchev–Trinajstić information content (AvgIpc) is 3.19. The second-order valence-corrected chi connectivity index (χ2v) is 7.47. The summed E-state index contributed by atoms with van der Waals surface area (Å²) in [6, 6.07) is 12.9. The maximum absolute atomic E-state index is 11.5. The summed E-state index contributed by atoms with van der Waals surface area (Å²) in [6.07, 6.45) is 0.838. The highest BCUT2D eigenvalue weighted by molar-refractivity contribution is 5.92. The van der Waals surface area contributed by atoms with Crippen LogP contribution in [-0.4, -0.2) is 42.1 Å². The fourth-order valence-corrected chi connectivity index (χ4v) is 3.79. The van der Waals surface area contributed by atoms with Gasteiger partial charge in [0.15, 0.2) is 0 Å². The van der Waals surface area contributed by atoms with Crippen molar-refractivity contribution in [3.05, 3.63) is 42.0 Å². The molecule has 0 spiro atoms. The molecule has 1 saturated heterocycles. The Morgan fingerprint density at radius 3 is 2.87 bits per heavy atom. The molecule has 4 N–H and O–H groups in total. The standard InChI is InChI=1S/C22H23N7O2/c1-13(30)25-16-5-6-29(12-16)21-19-4-3-18(31-2)10-20(19)27-22(28-21)26-17-8-14(11-23)7-15(24)9-17/h3-4,7-10,16H,5-6,12,24H2,1-2H3,(H,25,30)(H,26,27,28). The van der Waals surface area contributed by atoms with Crippen molar-refractivity contribution in [2.45, 2.75) is 19.4 Å². The van der Waals surface area contributed by atoms with Crippen LogP contribution in [0.5, 0.6) is 5.75 Å². The van der Waals surface area contributed by atoms with E-state index in [1.165, 1.54) is 6.92 Å². The number of aromatic nitrogens is 2. The second kappa shape index (κ2) is 8.36. The first-order valence-electron chi connectivity index (χ1n) is 9.90. The first-order valence-corrected chi connectivity index (χ1v) is 9.90. The predicted molar refractivity (Wildman–Crippen MR) is 119 cm³/mol. The van der Waals surface area contributed by atoms with Crippen LogP contribution >= 0.6 is 0 Å². The van der Waals surface area contributed by atoms with Crippen LogP contribution in [0, 0.1) is 11.3 Å². The lowest BCUT2D eigenvalue weighted by Crippen LogP contribution is -2.35. The summed E-state index contributed by atoms with van der Waals surface area (Å²) in [5.41, 5.74) is 8.18. The van der Waals surface area contributed by atoms with Crippen LogP contribution < -0.4 is 26.0 Å². The van der Waals surface area contributed by atoms with E-state index in [-0.39, 0.29) is 11.9 Å². The Balaban J connectivity index is 1.74. The summed E-state index contributed by atoms with van der Waals surface area (Å²) >= 11 is 0. The van der Waals surface area contributed by atoms with Gasteiger partial charge in [-0.3, -0.25) is 4.79 Å². The molecular formula is C22H23N7O2. The third-order valence-corrected chi connectivity index (χ3v) is 5.12. The molecule has 9 nitrogen and oxygen atoms in total. The van der Waals surface area contributed by atoms with Gasteiger partial charge >= 0.3 is 0 Å². The van der Waals surface area contributed by atoms with E-state index < -0.39 is 0 Å². The number of carbonyl (C=O) groups is 1. The summed E-state index contributed by atoms with van der Waals surface area (Å²) in [5, 5.41) is 16.2. The molecule has 31 heavy (non-hydrogen) atoms. The summed E-state index contributed by atoms with van der Waals surface area (Å²) < 4.78 is 5.36. The predicted octanol–water partition coefficient (Wildman–Crippen LogP) is 2.55. The van der Waals surface area contributed by atoms with Gasteiger partial charge in [-0.15, -0.1) is 0 Å². The molecule has 0 saturated carbocycles. The Morgan fingerprint density at radius 1 is 1.29 bits per heavy atom. The first kappa shape index (κ1) is 20.2. The van der Waals surface area contributed by atoms with Crippen molar-refractivity contribution in [3.63, 3.8) is 0 Å². The molecule has 1 aromatic heterocycles. The van der Waals surface area contributed by atoms with Crippen molar-refractivity contribution in [2.75, 3.05) is 36.1 Å². The number of methoxy groups -OCH3 is 1. The second-order valence-electron chi connectivity index (χ2n) is 7.47. The number of hydrogen-bond donors (Lipinski definition) is 3. The SMILES string of the molecule is COc1ccc2c(N3CCC(NC(C)=O)C3)nc(Nc3cc(N)cc(C#N)c3)nc2c1. The van der Waals surface area contributed by atoms with Crippen LogP contribution in [-0.2, 0) is 4.79 Å². The number of amides is 1. The lowest BCUT2D eigenvalue weighted by Gasteiger charge is -2.21. The molecule has 1 atom stereocenters. The Labute approximate surface area is 179 Å². The number of benzene rings is 2. The van der Waals surface area contributed by atoms with E-state index >= 15 is 0 Å². The number of nitrogen functional groups attached to an aromatic ring is 1. The molecule has 158 valence electrons. The largest absolute Gasteiger partial charge is 0.497 e. The van der Waals surface area contributed by atoms with Gasteiger partial charge in [-0.2, -0.15) is 10.2 Å². The molecule has 0 radical (unpaired) electrons. The highest BCUT2D eigenvalue weighted by Crippen LogP contribution is 2.31. The Bertz CT molecular complexity index is 1190. The molecule has 1 aliphatic heterocycles. The van der Waals surface area contributed by atoms with Crippen LogP contribution in [0.4, 0.5) is 23.1 Å². The third-order valence-electron chi connectivity index (χ3n) is 5.12. The number of nitrogens with one attached hydrogen (secondary N) is 2. The molecule has 1 unspecified atom stereocenters. The number of nitrogens with two attached hydrogens (primary N) is 1. The Morgan fingerprint density at radius 2 is 2.13 bits per heavy atom. The van der Waals surface area contributed by atoms with E-state index in [9.17, 15) is 10.1 Å². The van der Waals surface area contributed by atoms with Crippen LogP contribution in [0.2, 0.25) is 0 Å². The van der Waals surface area contributed by atoms with Crippen LogP contribution in [0.25, 0.3) is 10.9 Å². The minimum Gasteiger partial charge on any atom is -0.497 e. The minimum atomic E-state index is -0.0403. The number of anilines is 4. The summed E-state index contributed by atoms with van der Waals surface area (Å²) in [6.45, 7) is 2.95. The minimum absolute atomic E-state index is 0.0403. The fraction of sp³-hybridized carbons (Fsp3) is 0.273. The van der Waals surface area contributed by atoms with Gasteiger partial charge in [-0.25, -0.2) is 4.98 Å². The van der Waals surface area contributed by atoms with Crippen molar-refractivity contribution in [3.8, 4) is 11.8 Å². The van der Waals surface area contributed by atoms with Crippen molar-refractivity contribution < 1.29 is 9.53 Å². The van der Waals surface area contributed by atoms with Crippen molar-refractivity contribution in [1.82, 2.24) is 15.3 Å². The topological polar surface area (TPSA) is 129 Å². The molecule has 2 aromatic carbocycles. The molecule has 1 amide bonds. The van der Waals surface area contributed by atoms with Gasteiger partial charge in [-0.05, 0) is 36.8 Å². The molecule has 3 aromatic rings. The highest BCUT2D eigenvalue weighted by Gasteiger charge is 2.26. The monoisotopic (exact) mass is 417 g/mol. The summed E-state index contributed by atoms with van der Waals surface area (Å²) in [7, 11) is 1.61. The van der Waals surface area contributed by atoms with Gasteiger partial charge in [0.1, 0.15) is 11.6 Å². The molecule has 1 fully saturated rings. The Kier molecular flexibility index (Phi) is 5.45. The van der Waals surface area contributed by atoms with E-state index in [1.54, 1.807) is 25.3 Å². The van der Waals surface area contributed by atoms with Gasteiger partial charge in [0.05, 0.1) is 24.3 Å². The van der Waals surface area contributed by atoms with Crippen LogP contribution in [0.3, 0.4) is 0 Å². The molecule has 1 aliphatic rings. The lowest BCUT2D eigenvalue weighted by atomic mass is 10.2.